The smallest absolute Gasteiger partial charge is 0.271 e. The third-order valence-corrected chi connectivity index (χ3v) is 3.06. The van der Waals surface area contributed by atoms with Crippen molar-refractivity contribution in [3.05, 3.63) is 78.1 Å². The standard InChI is InChI=1S/C17H12FN3O2/c18-14-3-1-12(2-4-14)16-6-5-15(23-16)11-20-21-17(22)13-7-9-19-10-8-13/h1-11H,(H,21,22)/b20-11+. The third kappa shape index (κ3) is 3.68. The largest absolute Gasteiger partial charge is 0.455 e. The predicted molar refractivity (Wildman–Crippen MR) is 83.4 cm³/mol. The number of hydrogen-bond donors (Lipinski definition) is 1. The van der Waals surface area contributed by atoms with Crippen molar-refractivity contribution in [3.63, 3.8) is 0 Å². The van der Waals surface area contributed by atoms with Gasteiger partial charge in [-0.25, -0.2) is 9.82 Å². The third-order valence-electron chi connectivity index (χ3n) is 3.06. The molecule has 0 atom stereocenters. The van der Waals surface area contributed by atoms with Crippen molar-refractivity contribution in [1.29, 1.82) is 0 Å². The summed E-state index contributed by atoms with van der Waals surface area (Å²) in [5.74, 6) is 0.418. The molecule has 0 bridgehead atoms. The van der Waals surface area contributed by atoms with Gasteiger partial charge in [0, 0.05) is 23.5 Å². The molecule has 0 radical (unpaired) electrons. The summed E-state index contributed by atoms with van der Waals surface area (Å²) in [6, 6.07) is 12.6. The second kappa shape index (κ2) is 6.65. The highest BCUT2D eigenvalue weighted by Gasteiger charge is 2.05. The van der Waals surface area contributed by atoms with Crippen LogP contribution in [0.15, 0.2) is 70.4 Å². The molecule has 23 heavy (non-hydrogen) atoms. The van der Waals surface area contributed by atoms with Gasteiger partial charge in [-0.05, 0) is 48.5 Å². The van der Waals surface area contributed by atoms with E-state index in [0.29, 0.717) is 17.1 Å². The minimum Gasteiger partial charge on any atom is -0.455 e. The van der Waals surface area contributed by atoms with Crippen molar-refractivity contribution in [2.24, 2.45) is 5.10 Å². The molecule has 0 aliphatic carbocycles. The molecule has 6 heteroatoms. The lowest BCUT2D eigenvalue weighted by Gasteiger charge is -1.98. The highest BCUT2D eigenvalue weighted by Crippen LogP contribution is 2.21. The molecule has 1 aromatic carbocycles. The van der Waals surface area contributed by atoms with E-state index in [9.17, 15) is 9.18 Å². The van der Waals surface area contributed by atoms with E-state index in [1.165, 1.54) is 30.7 Å². The second-order valence-corrected chi connectivity index (χ2v) is 4.64. The fraction of sp³-hybridized carbons (Fsp3) is 0. The molecule has 2 aromatic heterocycles. The van der Waals surface area contributed by atoms with Crippen molar-refractivity contribution >= 4 is 12.1 Å². The van der Waals surface area contributed by atoms with Crippen molar-refractivity contribution < 1.29 is 13.6 Å². The molecule has 0 fully saturated rings. The number of aromatic nitrogens is 1. The van der Waals surface area contributed by atoms with Gasteiger partial charge in [-0.1, -0.05) is 0 Å². The fourth-order valence-electron chi connectivity index (χ4n) is 1.91. The first-order valence-electron chi connectivity index (χ1n) is 6.81. The first kappa shape index (κ1) is 14.6. The van der Waals surface area contributed by atoms with Crippen LogP contribution in [0, 0.1) is 5.82 Å². The van der Waals surface area contributed by atoms with Crippen LogP contribution in [0.4, 0.5) is 4.39 Å². The lowest BCUT2D eigenvalue weighted by atomic mass is 10.2. The lowest BCUT2D eigenvalue weighted by molar-refractivity contribution is 0.0955. The maximum Gasteiger partial charge on any atom is 0.271 e. The summed E-state index contributed by atoms with van der Waals surface area (Å²) in [6.07, 6.45) is 4.45. The highest BCUT2D eigenvalue weighted by atomic mass is 19.1. The molecule has 0 aliphatic rings. The summed E-state index contributed by atoms with van der Waals surface area (Å²) in [7, 11) is 0. The van der Waals surface area contributed by atoms with Crippen LogP contribution in [0.3, 0.4) is 0 Å². The summed E-state index contributed by atoms with van der Waals surface area (Å²) in [5, 5.41) is 3.84. The molecule has 5 nitrogen and oxygen atoms in total. The van der Waals surface area contributed by atoms with Crippen LogP contribution in [0.2, 0.25) is 0 Å². The number of hydrogen-bond acceptors (Lipinski definition) is 4. The minimum absolute atomic E-state index is 0.305. The summed E-state index contributed by atoms with van der Waals surface area (Å²) >= 11 is 0. The van der Waals surface area contributed by atoms with Crippen LogP contribution in [0.25, 0.3) is 11.3 Å². The molecule has 1 N–H and O–H groups in total. The van der Waals surface area contributed by atoms with E-state index < -0.39 is 0 Å². The molecule has 2 heterocycles. The average Bonchev–Trinajstić information content (AvgIpc) is 3.05. The Bertz CT molecular complexity index is 827. The number of furan rings is 1. The van der Waals surface area contributed by atoms with E-state index in [2.05, 4.69) is 15.5 Å². The number of benzene rings is 1. The second-order valence-electron chi connectivity index (χ2n) is 4.64. The summed E-state index contributed by atoms with van der Waals surface area (Å²) in [6.45, 7) is 0. The maximum absolute atomic E-state index is 12.9. The Kier molecular flexibility index (Phi) is 4.24. The number of nitrogens with one attached hydrogen (secondary N) is 1. The molecule has 0 spiro atoms. The quantitative estimate of drug-likeness (QED) is 0.594. The Balaban J connectivity index is 1.65. The monoisotopic (exact) mass is 309 g/mol. The van der Waals surface area contributed by atoms with Gasteiger partial charge in [0.25, 0.3) is 5.91 Å². The fourth-order valence-corrected chi connectivity index (χ4v) is 1.91. The number of nitrogens with zero attached hydrogens (tertiary/aromatic N) is 2. The van der Waals surface area contributed by atoms with Crippen LogP contribution in [-0.4, -0.2) is 17.1 Å². The predicted octanol–water partition coefficient (Wildman–Crippen LogP) is 3.24. The Hall–Kier alpha value is -3.28. The lowest BCUT2D eigenvalue weighted by Crippen LogP contribution is -2.17. The zero-order valence-corrected chi connectivity index (χ0v) is 11.9. The van der Waals surface area contributed by atoms with Crippen molar-refractivity contribution in [2.75, 3.05) is 0 Å². The summed E-state index contributed by atoms with van der Waals surface area (Å²) in [5.41, 5.74) is 3.62. The van der Waals surface area contributed by atoms with Crippen molar-refractivity contribution in [2.45, 2.75) is 0 Å². The van der Waals surface area contributed by atoms with E-state index in [-0.39, 0.29) is 11.7 Å². The van der Waals surface area contributed by atoms with Gasteiger partial charge in [-0.15, -0.1) is 0 Å². The topological polar surface area (TPSA) is 67.5 Å². The first-order valence-corrected chi connectivity index (χ1v) is 6.81. The molecular weight excluding hydrogens is 297 g/mol. The SMILES string of the molecule is O=C(N/N=C/c1ccc(-c2ccc(F)cc2)o1)c1ccncc1. The van der Waals surface area contributed by atoms with E-state index in [4.69, 9.17) is 4.42 Å². The van der Waals surface area contributed by atoms with Crippen LogP contribution in [0.1, 0.15) is 16.1 Å². The van der Waals surface area contributed by atoms with Crippen molar-refractivity contribution in [3.8, 4) is 11.3 Å². The van der Waals surface area contributed by atoms with Gasteiger partial charge in [0.15, 0.2) is 0 Å². The van der Waals surface area contributed by atoms with Crippen molar-refractivity contribution in [1.82, 2.24) is 10.4 Å². The number of hydrazone groups is 1. The average molecular weight is 309 g/mol. The number of pyridine rings is 1. The van der Waals surface area contributed by atoms with Crippen LogP contribution in [-0.2, 0) is 0 Å². The molecule has 3 rings (SSSR count). The molecule has 0 saturated carbocycles. The van der Waals surface area contributed by atoms with Gasteiger partial charge in [0.1, 0.15) is 17.3 Å². The van der Waals surface area contributed by atoms with E-state index in [0.717, 1.165) is 5.56 Å². The van der Waals surface area contributed by atoms with Crippen LogP contribution >= 0.6 is 0 Å². The molecule has 0 aliphatic heterocycles. The van der Waals surface area contributed by atoms with Gasteiger partial charge in [-0.3, -0.25) is 9.78 Å². The number of carbonyl (C=O) groups excluding carboxylic acids is 1. The molecule has 1 amide bonds. The Morgan fingerprint density at radius 2 is 1.83 bits per heavy atom. The Morgan fingerprint density at radius 3 is 2.57 bits per heavy atom. The number of halogens is 1. The Labute approximate surface area is 131 Å². The number of amides is 1. The maximum atomic E-state index is 12.9. The molecule has 0 unspecified atom stereocenters. The van der Waals surface area contributed by atoms with Gasteiger partial charge >= 0.3 is 0 Å². The molecule has 114 valence electrons. The zero-order chi connectivity index (χ0) is 16.1. The Morgan fingerprint density at radius 1 is 1.09 bits per heavy atom. The van der Waals surface area contributed by atoms with Gasteiger partial charge < -0.3 is 4.42 Å². The molecule has 3 aromatic rings. The normalized spacial score (nSPS) is 10.8. The zero-order valence-electron chi connectivity index (χ0n) is 11.9. The van der Waals surface area contributed by atoms with E-state index in [1.807, 2.05) is 0 Å². The molecular formula is C17H12FN3O2. The van der Waals surface area contributed by atoms with Gasteiger partial charge in [0.05, 0.1) is 6.21 Å². The van der Waals surface area contributed by atoms with E-state index >= 15 is 0 Å². The first-order chi connectivity index (χ1) is 11.2. The number of rotatable bonds is 4. The highest BCUT2D eigenvalue weighted by molar-refractivity contribution is 5.94. The van der Waals surface area contributed by atoms with E-state index in [1.54, 1.807) is 36.4 Å². The summed E-state index contributed by atoms with van der Waals surface area (Å²) in [4.78, 5) is 15.6. The van der Waals surface area contributed by atoms with Gasteiger partial charge in [0.2, 0.25) is 0 Å². The van der Waals surface area contributed by atoms with Crippen LogP contribution < -0.4 is 5.43 Å². The summed E-state index contributed by atoms with van der Waals surface area (Å²) < 4.78 is 18.5. The van der Waals surface area contributed by atoms with Crippen LogP contribution in [0.5, 0.6) is 0 Å². The minimum atomic E-state index is -0.339. The molecule has 0 saturated heterocycles. The van der Waals surface area contributed by atoms with Gasteiger partial charge in [-0.2, -0.15) is 5.10 Å². The number of carbonyl (C=O) groups is 1.